The molecular weight excluding hydrogens is 260 g/mol. The minimum Gasteiger partial charge on any atom is -0.479 e. The van der Waals surface area contributed by atoms with Gasteiger partial charge in [0.1, 0.15) is 11.7 Å². The van der Waals surface area contributed by atoms with Gasteiger partial charge in [0.05, 0.1) is 11.9 Å². The van der Waals surface area contributed by atoms with E-state index in [0.717, 1.165) is 5.69 Å². The first kappa shape index (κ1) is 12.1. The van der Waals surface area contributed by atoms with Crippen LogP contribution in [-0.4, -0.2) is 37.4 Å². The number of carbonyl (C=O) groups is 1. The number of para-hydroxylation sites is 1. The van der Waals surface area contributed by atoms with Gasteiger partial charge in [0, 0.05) is 0 Å². The highest BCUT2D eigenvalue weighted by Gasteiger charge is 2.12. The number of hydrogen-bond acceptors (Lipinski definition) is 5. The van der Waals surface area contributed by atoms with Gasteiger partial charge in [-0.2, -0.15) is 5.10 Å². The predicted octanol–water partition coefficient (Wildman–Crippen LogP) is 1.28. The van der Waals surface area contributed by atoms with Gasteiger partial charge < -0.3 is 9.84 Å². The molecule has 2 aromatic heterocycles. The second-order valence-electron chi connectivity index (χ2n) is 3.99. The number of carboxylic acid groups (broad SMARTS) is 1. The van der Waals surface area contributed by atoms with Crippen LogP contribution in [0.3, 0.4) is 0 Å². The lowest BCUT2D eigenvalue weighted by atomic mass is 10.3. The van der Waals surface area contributed by atoms with E-state index >= 15 is 0 Å². The molecule has 1 aromatic carbocycles. The van der Waals surface area contributed by atoms with Crippen LogP contribution in [0.1, 0.15) is 0 Å². The van der Waals surface area contributed by atoms with E-state index in [0.29, 0.717) is 11.0 Å². The van der Waals surface area contributed by atoms with Crippen molar-refractivity contribution in [2.75, 3.05) is 6.61 Å². The maximum atomic E-state index is 10.5. The van der Waals surface area contributed by atoms with E-state index < -0.39 is 12.6 Å². The molecule has 0 amide bonds. The molecule has 20 heavy (non-hydrogen) atoms. The maximum Gasteiger partial charge on any atom is 0.341 e. The molecule has 100 valence electrons. The molecule has 2 heterocycles. The third-order valence-electron chi connectivity index (χ3n) is 2.66. The Morgan fingerprint density at radius 1 is 1.25 bits per heavy atom. The van der Waals surface area contributed by atoms with E-state index in [1.165, 1.54) is 6.33 Å². The maximum absolute atomic E-state index is 10.5. The first-order chi connectivity index (χ1) is 9.75. The summed E-state index contributed by atoms with van der Waals surface area (Å²) in [6.45, 7) is -0.456. The highest BCUT2D eigenvalue weighted by Crippen LogP contribution is 2.22. The third kappa shape index (κ3) is 2.16. The fourth-order valence-corrected chi connectivity index (χ4v) is 1.83. The van der Waals surface area contributed by atoms with E-state index in [4.69, 9.17) is 9.84 Å². The molecule has 3 aromatic rings. The van der Waals surface area contributed by atoms with Crippen molar-refractivity contribution in [2.45, 2.75) is 0 Å². The number of aromatic nitrogens is 4. The Balaban J connectivity index is 2.06. The fraction of sp³-hybridized carbons (Fsp3) is 0.0769. The van der Waals surface area contributed by atoms with Crippen molar-refractivity contribution >= 4 is 17.0 Å². The zero-order valence-corrected chi connectivity index (χ0v) is 10.3. The Kier molecular flexibility index (Phi) is 3.00. The normalized spacial score (nSPS) is 10.6. The number of fused-ring (bicyclic) bond motifs is 1. The Bertz CT molecular complexity index is 755. The standard InChI is InChI=1S/C13H10N4O3/c18-11(19)7-20-13-10-6-16-17(12(10)14-8-15-13)9-4-2-1-3-5-9/h1-6,8H,7H2,(H,18,19). The van der Waals surface area contributed by atoms with E-state index in [9.17, 15) is 4.79 Å². The molecule has 0 unspecified atom stereocenters. The third-order valence-corrected chi connectivity index (χ3v) is 2.66. The Hall–Kier alpha value is -2.96. The molecular formula is C13H10N4O3. The van der Waals surface area contributed by atoms with E-state index in [2.05, 4.69) is 15.1 Å². The smallest absolute Gasteiger partial charge is 0.341 e. The highest BCUT2D eigenvalue weighted by atomic mass is 16.5. The lowest BCUT2D eigenvalue weighted by Gasteiger charge is -2.04. The van der Waals surface area contributed by atoms with Gasteiger partial charge >= 0.3 is 5.97 Å². The summed E-state index contributed by atoms with van der Waals surface area (Å²) in [7, 11) is 0. The van der Waals surface area contributed by atoms with Crippen molar-refractivity contribution in [2.24, 2.45) is 0 Å². The zero-order valence-electron chi connectivity index (χ0n) is 10.3. The number of ether oxygens (including phenoxy) is 1. The minimum atomic E-state index is -1.06. The highest BCUT2D eigenvalue weighted by molar-refractivity contribution is 5.81. The van der Waals surface area contributed by atoms with E-state index in [1.807, 2.05) is 30.3 Å². The summed E-state index contributed by atoms with van der Waals surface area (Å²) in [4.78, 5) is 18.6. The van der Waals surface area contributed by atoms with Crippen LogP contribution in [0.2, 0.25) is 0 Å². The van der Waals surface area contributed by atoms with Gasteiger partial charge in [0.25, 0.3) is 0 Å². The lowest BCUT2D eigenvalue weighted by Crippen LogP contribution is -2.10. The van der Waals surface area contributed by atoms with Crippen LogP contribution in [0.4, 0.5) is 0 Å². The Morgan fingerprint density at radius 2 is 2.05 bits per heavy atom. The van der Waals surface area contributed by atoms with Crippen molar-refractivity contribution in [3.8, 4) is 11.6 Å². The summed E-state index contributed by atoms with van der Waals surface area (Å²) < 4.78 is 6.77. The lowest BCUT2D eigenvalue weighted by molar-refractivity contribution is -0.139. The molecule has 0 fully saturated rings. The van der Waals surface area contributed by atoms with Gasteiger partial charge in [0.2, 0.25) is 5.88 Å². The van der Waals surface area contributed by atoms with Crippen molar-refractivity contribution in [1.29, 1.82) is 0 Å². The van der Waals surface area contributed by atoms with Crippen molar-refractivity contribution in [3.63, 3.8) is 0 Å². The molecule has 3 rings (SSSR count). The van der Waals surface area contributed by atoms with Crippen LogP contribution in [0, 0.1) is 0 Å². The quantitative estimate of drug-likeness (QED) is 0.768. The van der Waals surface area contributed by atoms with Crippen LogP contribution in [0.25, 0.3) is 16.7 Å². The first-order valence-electron chi connectivity index (χ1n) is 5.84. The molecule has 7 heteroatoms. The van der Waals surface area contributed by atoms with Gasteiger partial charge in [-0.15, -0.1) is 0 Å². The molecule has 7 nitrogen and oxygen atoms in total. The molecule has 0 bridgehead atoms. The monoisotopic (exact) mass is 270 g/mol. The fourth-order valence-electron chi connectivity index (χ4n) is 1.83. The average Bonchev–Trinajstić information content (AvgIpc) is 2.90. The molecule has 0 aliphatic carbocycles. The van der Waals surface area contributed by atoms with Crippen molar-refractivity contribution < 1.29 is 14.6 Å². The second kappa shape index (κ2) is 4.96. The number of nitrogens with zero attached hydrogens (tertiary/aromatic N) is 4. The average molecular weight is 270 g/mol. The second-order valence-corrected chi connectivity index (χ2v) is 3.99. The summed E-state index contributed by atoms with van der Waals surface area (Å²) in [5.74, 6) is -0.855. The van der Waals surface area contributed by atoms with Crippen molar-refractivity contribution in [1.82, 2.24) is 19.7 Å². The molecule has 0 atom stereocenters. The summed E-state index contributed by atoms with van der Waals surface area (Å²) in [5, 5.41) is 13.4. The Labute approximate surface area is 113 Å². The van der Waals surface area contributed by atoms with Gasteiger partial charge in [0.15, 0.2) is 12.3 Å². The van der Waals surface area contributed by atoms with Gasteiger partial charge in [-0.05, 0) is 12.1 Å². The SMILES string of the molecule is O=C(O)COc1ncnc2c1cnn2-c1ccccc1. The summed E-state index contributed by atoms with van der Waals surface area (Å²) in [6, 6.07) is 9.49. The van der Waals surface area contributed by atoms with Crippen molar-refractivity contribution in [3.05, 3.63) is 42.9 Å². The molecule has 0 saturated heterocycles. The Morgan fingerprint density at radius 3 is 2.80 bits per heavy atom. The summed E-state index contributed by atoms with van der Waals surface area (Å²) >= 11 is 0. The van der Waals surface area contributed by atoms with Gasteiger partial charge in [-0.1, -0.05) is 18.2 Å². The van der Waals surface area contributed by atoms with Crippen LogP contribution < -0.4 is 4.74 Å². The van der Waals surface area contributed by atoms with E-state index in [1.54, 1.807) is 10.9 Å². The van der Waals surface area contributed by atoms with E-state index in [-0.39, 0.29) is 5.88 Å². The van der Waals surface area contributed by atoms with Gasteiger partial charge in [-0.3, -0.25) is 0 Å². The number of hydrogen-bond donors (Lipinski definition) is 1. The molecule has 1 N–H and O–H groups in total. The first-order valence-corrected chi connectivity index (χ1v) is 5.84. The summed E-state index contributed by atoms with van der Waals surface area (Å²) in [5.41, 5.74) is 1.41. The zero-order chi connectivity index (χ0) is 13.9. The molecule has 0 aliphatic rings. The van der Waals surface area contributed by atoms with Crippen LogP contribution in [-0.2, 0) is 4.79 Å². The molecule has 0 spiro atoms. The number of aliphatic carboxylic acids is 1. The van der Waals surface area contributed by atoms with Crippen LogP contribution in [0.5, 0.6) is 5.88 Å². The molecule has 0 aliphatic heterocycles. The largest absolute Gasteiger partial charge is 0.479 e. The topological polar surface area (TPSA) is 90.1 Å². The van der Waals surface area contributed by atoms with Crippen LogP contribution in [0.15, 0.2) is 42.9 Å². The van der Waals surface area contributed by atoms with Gasteiger partial charge in [-0.25, -0.2) is 19.4 Å². The predicted molar refractivity (Wildman–Crippen MR) is 69.8 cm³/mol. The molecule has 0 radical (unpaired) electrons. The number of benzene rings is 1. The minimum absolute atomic E-state index is 0.208. The molecule has 0 saturated carbocycles. The number of carboxylic acids is 1. The van der Waals surface area contributed by atoms with Crippen LogP contribution >= 0.6 is 0 Å². The number of rotatable bonds is 4. The summed E-state index contributed by atoms with van der Waals surface area (Å²) in [6.07, 6.45) is 2.88.